The molecule has 0 bridgehead atoms. The second-order valence-electron chi connectivity index (χ2n) is 8.34. The summed E-state index contributed by atoms with van der Waals surface area (Å²) in [5.41, 5.74) is 8.01. The van der Waals surface area contributed by atoms with Crippen LogP contribution in [-0.2, 0) is 0 Å². The van der Waals surface area contributed by atoms with Crippen LogP contribution in [0, 0.1) is 0 Å². The van der Waals surface area contributed by atoms with Crippen molar-refractivity contribution in [1.29, 1.82) is 0 Å². The summed E-state index contributed by atoms with van der Waals surface area (Å²) in [6.07, 6.45) is 9.24. The zero-order valence-corrected chi connectivity index (χ0v) is 21.7. The van der Waals surface area contributed by atoms with E-state index in [1.165, 1.54) is 52.1 Å². The van der Waals surface area contributed by atoms with Crippen molar-refractivity contribution in [1.82, 2.24) is 0 Å². The molecule has 0 spiro atoms. The monoisotopic (exact) mass is 570 g/mol. The second kappa shape index (κ2) is 8.79. The molecule has 6 rings (SSSR count). The molecule has 0 N–H and O–H groups in total. The first-order valence-corrected chi connectivity index (χ1v) is 13.4. The molecule has 4 aromatic rings. The second-order valence-corrected chi connectivity index (χ2v) is 11.1. The third kappa shape index (κ3) is 3.77. The van der Waals surface area contributed by atoms with Gasteiger partial charge in [0.1, 0.15) is 0 Å². The normalized spacial score (nSPS) is 17.9. The SMILES string of the molecule is Brc1ccc(Sc2ccc(Br)c3c2C=CC3c2ccccc2)c2c1C(c1ccccc1)C=C2. The van der Waals surface area contributed by atoms with Gasteiger partial charge in [-0.2, -0.15) is 0 Å². The summed E-state index contributed by atoms with van der Waals surface area (Å²) < 4.78 is 2.34. The molecule has 0 amide bonds. The molecule has 0 fully saturated rings. The summed E-state index contributed by atoms with van der Waals surface area (Å²) in [5, 5.41) is 0. The average Bonchev–Trinajstić information content (AvgIpc) is 3.50. The van der Waals surface area contributed by atoms with E-state index in [0.29, 0.717) is 0 Å². The number of rotatable bonds is 4. The number of benzene rings is 4. The number of hydrogen-bond acceptors (Lipinski definition) is 1. The third-order valence-electron chi connectivity index (χ3n) is 6.46. The molecule has 0 nitrogen and oxygen atoms in total. The minimum atomic E-state index is 0.286. The van der Waals surface area contributed by atoms with Crippen LogP contribution >= 0.6 is 43.6 Å². The molecule has 2 aliphatic carbocycles. The van der Waals surface area contributed by atoms with Gasteiger partial charge in [0.15, 0.2) is 0 Å². The molecule has 33 heavy (non-hydrogen) atoms. The molecule has 0 heterocycles. The minimum absolute atomic E-state index is 0.286. The predicted molar refractivity (Wildman–Crippen MR) is 147 cm³/mol. The summed E-state index contributed by atoms with van der Waals surface area (Å²) in [6, 6.07) is 30.4. The maximum absolute atomic E-state index is 3.83. The van der Waals surface area contributed by atoms with Gasteiger partial charge in [-0.25, -0.2) is 0 Å². The van der Waals surface area contributed by atoms with E-state index in [1.807, 2.05) is 11.8 Å². The first kappa shape index (κ1) is 21.2. The van der Waals surface area contributed by atoms with Crippen LogP contribution < -0.4 is 0 Å². The zero-order chi connectivity index (χ0) is 22.4. The molecule has 0 saturated heterocycles. The maximum atomic E-state index is 3.83. The Balaban J connectivity index is 1.40. The summed E-state index contributed by atoms with van der Waals surface area (Å²) in [7, 11) is 0. The fourth-order valence-corrected chi connectivity index (χ4v) is 7.18. The van der Waals surface area contributed by atoms with Crippen LogP contribution in [0.3, 0.4) is 0 Å². The highest BCUT2D eigenvalue weighted by Gasteiger charge is 2.27. The van der Waals surface area contributed by atoms with Gasteiger partial charge in [-0.05, 0) is 57.6 Å². The smallest absolute Gasteiger partial charge is 0.0290 e. The fourth-order valence-electron chi connectivity index (χ4n) is 4.91. The van der Waals surface area contributed by atoms with Crippen LogP contribution in [0.2, 0.25) is 0 Å². The lowest BCUT2D eigenvalue weighted by molar-refractivity contribution is 1.03. The van der Waals surface area contributed by atoms with Crippen LogP contribution in [0.25, 0.3) is 12.2 Å². The van der Waals surface area contributed by atoms with Gasteiger partial charge < -0.3 is 0 Å². The number of fused-ring (bicyclic) bond motifs is 2. The largest absolute Gasteiger partial charge is 0.0888 e. The van der Waals surface area contributed by atoms with Crippen molar-refractivity contribution in [3.63, 3.8) is 0 Å². The molecule has 3 heteroatoms. The fraction of sp³-hybridized carbons (Fsp3) is 0.0667. The van der Waals surface area contributed by atoms with Gasteiger partial charge in [-0.15, -0.1) is 0 Å². The molecular weight excluding hydrogens is 552 g/mol. The lowest BCUT2D eigenvalue weighted by Crippen LogP contribution is -1.99. The van der Waals surface area contributed by atoms with Gasteiger partial charge in [-0.3, -0.25) is 0 Å². The standard InChI is InChI=1S/C30H20Br2S/c31-25-15-17-27(23-13-11-21(29(23)25)19-7-3-1-4-8-19)33-28-18-16-26(32)30-22(12-14-24(28)30)20-9-5-2-6-10-20/h1-18,21-22H. The third-order valence-corrected chi connectivity index (χ3v) is 8.99. The van der Waals surface area contributed by atoms with E-state index in [2.05, 4.69) is 141 Å². The number of allylic oxidation sites excluding steroid dienone is 2. The summed E-state index contributed by atoms with van der Waals surface area (Å²) in [6.45, 7) is 0. The molecule has 0 radical (unpaired) electrons. The van der Waals surface area contributed by atoms with Gasteiger partial charge in [-0.1, -0.05) is 129 Å². The highest BCUT2D eigenvalue weighted by Crippen LogP contribution is 2.49. The molecule has 2 aliphatic rings. The number of halogens is 2. The van der Waals surface area contributed by atoms with Crippen molar-refractivity contribution in [3.05, 3.63) is 139 Å². The van der Waals surface area contributed by atoms with E-state index in [1.54, 1.807) is 0 Å². The van der Waals surface area contributed by atoms with Crippen LogP contribution in [0.5, 0.6) is 0 Å². The summed E-state index contributed by atoms with van der Waals surface area (Å²) in [5.74, 6) is 0.572. The highest BCUT2D eigenvalue weighted by atomic mass is 79.9. The Morgan fingerprint density at radius 2 is 0.939 bits per heavy atom. The molecular formula is C30H20Br2S. The molecule has 160 valence electrons. The van der Waals surface area contributed by atoms with Crippen molar-refractivity contribution in [2.75, 3.05) is 0 Å². The Bertz CT molecular complexity index is 1300. The first-order valence-electron chi connectivity index (χ1n) is 11.0. The molecule has 0 aromatic heterocycles. The summed E-state index contributed by atoms with van der Waals surface area (Å²) >= 11 is 9.53. The maximum Gasteiger partial charge on any atom is 0.0290 e. The Morgan fingerprint density at radius 3 is 1.36 bits per heavy atom. The van der Waals surface area contributed by atoms with Crippen molar-refractivity contribution in [2.24, 2.45) is 0 Å². The lowest BCUT2D eigenvalue weighted by atomic mass is 9.93. The Labute approximate surface area is 215 Å². The average molecular weight is 572 g/mol. The van der Waals surface area contributed by atoms with E-state index in [9.17, 15) is 0 Å². The molecule has 2 unspecified atom stereocenters. The molecule has 2 atom stereocenters. The van der Waals surface area contributed by atoms with Gasteiger partial charge in [0.05, 0.1) is 0 Å². The Hall–Kier alpha value is -2.33. The number of hydrogen-bond donors (Lipinski definition) is 0. The molecule has 4 aromatic carbocycles. The highest BCUT2D eigenvalue weighted by molar-refractivity contribution is 9.10. The van der Waals surface area contributed by atoms with Crippen molar-refractivity contribution >= 4 is 55.8 Å². The van der Waals surface area contributed by atoms with Gasteiger partial charge >= 0.3 is 0 Å². The van der Waals surface area contributed by atoms with E-state index in [4.69, 9.17) is 0 Å². The predicted octanol–water partition coefficient (Wildman–Crippen LogP) is 9.68. The van der Waals surface area contributed by atoms with Crippen molar-refractivity contribution < 1.29 is 0 Å². The quantitative estimate of drug-likeness (QED) is 0.235. The van der Waals surface area contributed by atoms with Gasteiger partial charge in [0.25, 0.3) is 0 Å². The topological polar surface area (TPSA) is 0 Å². The van der Waals surface area contributed by atoms with Gasteiger partial charge in [0, 0.05) is 30.6 Å². The minimum Gasteiger partial charge on any atom is -0.0888 e. The van der Waals surface area contributed by atoms with Gasteiger partial charge in [0.2, 0.25) is 0 Å². The van der Waals surface area contributed by atoms with E-state index in [-0.39, 0.29) is 11.8 Å². The van der Waals surface area contributed by atoms with Crippen LogP contribution in [0.15, 0.2) is 116 Å². The van der Waals surface area contributed by atoms with Crippen molar-refractivity contribution in [2.45, 2.75) is 21.6 Å². The van der Waals surface area contributed by atoms with Crippen molar-refractivity contribution in [3.8, 4) is 0 Å². The van der Waals surface area contributed by atoms with E-state index >= 15 is 0 Å². The van der Waals surface area contributed by atoms with Crippen LogP contribution in [-0.4, -0.2) is 0 Å². The van der Waals surface area contributed by atoms with Crippen LogP contribution in [0.1, 0.15) is 45.2 Å². The Kier molecular flexibility index (Phi) is 5.65. The van der Waals surface area contributed by atoms with Crippen LogP contribution in [0.4, 0.5) is 0 Å². The molecule has 0 aliphatic heterocycles. The summed E-state index contributed by atoms with van der Waals surface area (Å²) in [4.78, 5) is 2.59. The lowest BCUT2D eigenvalue weighted by Gasteiger charge is -2.18. The first-order chi connectivity index (χ1) is 16.2. The van der Waals surface area contributed by atoms with E-state index in [0.717, 1.165) is 0 Å². The van der Waals surface area contributed by atoms with E-state index < -0.39 is 0 Å². The Morgan fingerprint density at radius 1 is 0.515 bits per heavy atom. The molecule has 0 saturated carbocycles. The zero-order valence-electron chi connectivity index (χ0n) is 17.7.